The first-order valence-corrected chi connectivity index (χ1v) is 7.09. The molecule has 22 heavy (non-hydrogen) atoms. The maximum absolute atomic E-state index is 11.9. The summed E-state index contributed by atoms with van der Waals surface area (Å²) in [5, 5.41) is 7.86. The first kappa shape index (κ1) is 15.9. The van der Waals surface area contributed by atoms with Crippen LogP contribution in [0.3, 0.4) is 0 Å². The molecule has 0 aliphatic carbocycles. The molecule has 0 unspecified atom stereocenters. The molecule has 1 aromatic carbocycles. The number of benzene rings is 1. The minimum Gasteiger partial charge on any atom is -0.459 e. The molecule has 0 fully saturated rings. The van der Waals surface area contributed by atoms with Gasteiger partial charge >= 0.3 is 5.97 Å². The van der Waals surface area contributed by atoms with Gasteiger partial charge in [-0.2, -0.15) is 0 Å². The maximum atomic E-state index is 11.9. The second kappa shape index (κ2) is 6.51. The predicted molar refractivity (Wildman–Crippen MR) is 80.9 cm³/mol. The smallest absolute Gasteiger partial charge is 0.338 e. The number of carbonyl (C=O) groups is 2. The van der Waals surface area contributed by atoms with E-state index in [1.807, 2.05) is 19.9 Å². The third-order valence-corrected chi connectivity index (χ3v) is 3.15. The number of Topliss-reactive ketones (excluding diaryl/α,β-unsaturated/α-hetero) is 1. The summed E-state index contributed by atoms with van der Waals surface area (Å²) >= 11 is 0. The number of carbonyl (C=O) groups excluding carboxylic acids is 2. The number of hydrogen-bond acceptors (Lipinski definition) is 5. The Bertz CT molecular complexity index is 704. The second-order valence-electron chi connectivity index (χ2n) is 5.39. The van der Waals surface area contributed by atoms with Crippen molar-refractivity contribution in [3.8, 4) is 0 Å². The molecular weight excluding hydrogens is 282 g/mol. The maximum Gasteiger partial charge on any atom is 0.338 e. The summed E-state index contributed by atoms with van der Waals surface area (Å²) in [4.78, 5) is 23.3. The minimum absolute atomic E-state index is 0.113. The van der Waals surface area contributed by atoms with Gasteiger partial charge in [-0.3, -0.25) is 4.79 Å². The molecule has 6 nitrogen and oxygen atoms in total. The quantitative estimate of drug-likeness (QED) is 0.626. The van der Waals surface area contributed by atoms with Crippen molar-refractivity contribution in [1.82, 2.24) is 15.0 Å². The highest BCUT2D eigenvalue weighted by molar-refractivity contribution is 5.93. The molecule has 2 aromatic rings. The van der Waals surface area contributed by atoms with Crippen LogP contribution in [-0.2, 0) is 11.3 Å². The molecule has 0 amide bonds. The molecule has 0 saturated heterocycles. The minimum atomic E-state index is -0.350. The van der Waals surface area contributed by atoms with E-state index in [2.05, 4.69) is 10.3 Å². The molecule has 6 heteroatoms. The van der Waals surface area contributed by atoms with E-state index in [1.165, 1.54) is 6.92 Å². The van der Waals surface area contributed by atoms with E-state index in [0.717, 1.165) is 5.56 Å². The molecule has 116 valence electrons. The van der Waals surface area contributed by atoms with Gasteiger partial charge in [-0.1, -0.05) is 17.3 Å². The van der Waals surface area contributed by atoms with Gasteiger partial charge in [0.25, 0.3) is 0 Å². The molecule has 1 aromatic heterocycles. The fourth-order valence-electron chi connectivity index (χ4n) is 2.09. The van der Waals surface area contributed by atoms with E-state index in [0.29, 0.717) is 23.5 Å². The lowest BCUT2D eigenvalue weighted by atomic mass is 10.1. The molecule has 0 aliphatic heterocycles. The first-order valence-electron chi connectivity index (χ1n) is 7.09. The van der Waals surface area contributed by atoms with Crippen molar-refractivity contribution < 1.29 is 14.3 Å². The Morgan fingerprint density at radius 2 is 2.05 bits per heavy atom. The Hall–Kier alpha value is -2.50. The average molecular weight is 301 g/mol. The number of esters is 1. The van der Waals surface area contributed by atoms with Gasteiger partial charge < -0.3 is 4.74 Å². The van der Waals surface area contributed by atoms with Crippen molar-refractivity contribution in [2.45, 2.75) is 40.3 Å². The standard InChI is InChI=1S/C16H19N3O3/c1-10(2)22-16(21)14-7-5-6-13(8-14)9-19-11(3)15(12(4)20)17-18-19/h5-8,10H,9H2,1-4H3. The largest absolute Gasteiger partial charge is 0.459 e. The number of ketones is 1. The molecule has 0 bridgehead atoms. The summed E-state index contributed by atoms with van der Waals surface area (Å²) in [7, 11) is 0. The molecule has 0 aliphatic rings. The van der Waals surface area contributed by atoms with Gasteiger partial charge in [0.2, 0.25) is 0 Å². The molecular formula is C16H19N3O3. The highest BCUT2D eigenvalue weighted by atomic mass is 16.5. The van der Waals surface area contributed by atoms with Crippen molar-refractivity contribution >= 4 is 11.8 Å². The van der Waals surface area contributed by atoms with Crippen LogP contribution in [0.15, 0.2) is 24.3 Å². The van der Waals surface area contributed by atoms with Crippen molar-refractivity contribution in [2.24, 2.45) is 0 Å². The normalized spacial score (nSPS) is 10.8. The predicted octanol–water partition coefficient (Wildman–Crippen LogP) is 2.40. The lowest BCUT2D eigenvalue weighted by Crippen LogP contribution is -2.12. The Kier molecular flexibility index (Phi) is 4.70. The van der Waals surface area contributed by atoms with Gasteiger partial charge in [0.05, 0.1) is 23.9 Å². The SMILES string of the molecule is CC(=O)c1nnn(Cc2cccc(C(=O)OC(C)C)c2)c1C. The summed E-state index contributed by atoms with van der Waals surface area (Å²) in [5.41, 5.74) is 2.47. The van der Waals surface area contributed by atoms with Crippen LogP contribution < -0.4 is 0 Å². The monoisotopic (exact) mass is 301 g/mol. The first-order chi connectivity index (χ1) is 10.4. The van der Waals surface area contributed by atoms with Gasteiger partial charge in [0.1, 0.15) is 0 Å². The molecule has 0 N–H and O–H groups in total. The zero-order valence-corrected chi connectivity index (χ0v) is 13.2. The van der Waals surface area contributed by atoms with Crippen LogP contribution in [0.5, 0.6) is 0 Å². The van der Waals surface area contributed by atoms with Crippen LogP contribution in [0.25, 0.3) is 0 Å². The lowest BCUT2D eigenvalue weighted by Gasteiger charge is -2.09. The molecule has 0 radical (unpaired) electrons. The lowest BCUT2D eigenvalue weighted by molar-refractivity contribution is 0.0377. The molecule has 2 rings (SSSR count). The number of hydrogen-bond donors (Lipinski definition) is 0. The number of aromatic nitrogens is 3. The van der Waals surface area contributed by atoms with E-state index in [4.69, 9.17) is 4.74 Å². The van der Waals surface area contributed by atoms with Crippen LogP contribution >= 0.6 is 0 Å². The van der Waals surface area contributed by atoms with Crippen LogP contribution in [0.1, 0.15) is 52.9 Å². The average Bonchev–Trinajstić information content (AvgIpc) is 2.80. The summed E-state index contributed by atoms with van der Waals surface area (Å²) < 4.78 is 6.82. The highest BCUT2D eigenvalue weighted by Gasteiger charge is 2.14. The summed E-state index contributed by atoms with van der Waals surface area (Å²) in [6.45, 7) is 7.32. The topological polar surface area (TPSA) is 74.1 Å². The molecule has 1 heterocycles. The van der Waals surface area contributed by atoms with Gasteiger partial charge in [-0.15, -0.1) is 5.10 Å². The highest BCUT2D eigenvalue weighted by Crippen LogP contribution is 2.12. The Morgan fingerprint density at radius 1 is 1.32 bits per heavy atom. The third kappa shape index (κ3) is 3.58. The zero-order valence-electron chi connectivity index (χ0n) is 13.2. The van der Waals surface area contributed by atoms with Gasteiger partial charge in [-0.25, -0.2) is 9.48 Å². The fraction of sp³-hybridized carbons (Fsp3) is 0.375. The summed E-state index contributed by atoms with van der Waals surface area (Å²) in [6.07, 6.45) is -0.160. The van der Waals surface area contributed by atoms with Crippen LogP contribution in [0, 0.1) is 6.92 Å². The second-order valence-corrected chi connectivity index (χ2v) is 5.39. The van der Waals surface area contributed by atoms with E-state index >= 15 is 0 Å². The van der Waals surface area contributed by atoms with Crippen molar-refractivity contribution in [1.29, 1.82) is 0 Å². The number of rotatable bonds is 5. The molecule has 0 saturated carbocycles. The van der Waals surface area contributed by atoms with E-state index in [-0.39, 0.29) is 17.9 Å². The zero-order chi connectivity index (χ0) is 16.3. The number of ether oxygens (including phenoxy) is 1. The number of nitrogens with zero attached hydrogens (tertiary/aromatic N) is 3. The van der Waals surface area contributed by atoms with Crippen LogP contribution in [0.2, 0.25) is 0 Å². The van der Waals surface area contributed by atoms with Crippen LogP contribution in [-0.4, -0.2) is 32.9 Å². The molecule has 0 atom stereocenters. The fourth-order valence-corrected chi connectivity index (χ4v) is 2.09. The third-order valence-electron chi connectivity index (χ3n) is 3.15. The van der Waals surface area contributed by atoms with E-state index in [9.17, 15) is 9.59 Å². The van der Waals surface area contributed by atoms with E-state index in [1.54, 1.807) is 29.8 Å². The van der Waals surface area contributed by atoms with Crippen molar-refractivity contribution in [2.75, 3.05) is 0 Å². The van der Waals surface area contributed by atoms with E-state index < -0.39 is 0 Å². The molecule has 0 spiro atoms. The van der Waals surface area contributed by atoms with Crippen molar-refractivity contribution in [3.63, 3.8) is 0 Å². The van der Waals surface area contributed by atoms with Gasteiger partial charge in [0, 0.05) is 6.92 Å². The summed E-state index contributed by atoms with van der Waals surface area (Å²) in [6, 6.07) is 7.16. The Labute approximate surface area is 129 Å². The van der Waals surface area contributed by atoms with Gasteiger partial charge in [0.15, 0.2) is 11.5 Å². The van der Waals surface area contributed by atoms with Crippen molar-refractivity contribution in [3.05, 3.63) is 46.8 Å². The Morgan fingerprint density at radius 3 is 2.64 bits per heavy atom. The Balaban J connectivity index is 2.20. The van der Waals surface area contributed by atoms with Crippen LogP contribution in [0.4, 0.5) is 0 Å². The van der Waals surface area contributed by atoms with Gasteiger partial charge in [-0.05, 0) is 38.5 Å². The summed E-state index contributed by atoms with van der Waals surface area (Å²) in [5.74, 6) is -0.463.